The lowest BCUT2D eigenvalue weighted by atomic mass is 9.95. The number of aromatic nitrogens is 2. The summed E-state index contributed by atoms with van der Waals surface area (Å²) in [4.78, 5) is 29.2. The molecule has 0 spiro atoms. The van der Waals surface area contributed by atoms with Crippen molar-refractivity contribution in [3.05, 3.63) is 70.9 Å². The van der Waals surface area contributed by atoms with Crippen LogP contribution in [0, 0.1) is 0 Å². The summed E-state index contributed by atoms with van der Waals surface area (Å²) in [7, 11) is 1.53. The van der Waals surface area contributed by atoms with Crippen LogP contribution in [-0.4, -0.2) is 39.6 Å². The smallest absolute Gasteiger partial charge is 0.435 e. The van der Waals surface area contributed by atoms with Crippen LogP contribution < -0.4 is 10.1 Å². The molecule has 1 saturated carbocycles. The van der Waals surface area contributed by atoms with E-state index in [9.17, 15) is 22.8 Å². The summed E-state index contributed by atoms with van der Waals surface area (Å²) >= 11 is 0. The van der Waals surface area contributed by atoms with Crippen LogP contribution in [0.15, 0.2) is 47.1 Å². The van der Waals surface area contributed by atoms with Crippen molar-refractivity contribution in [3.8, 4) is 5.75 Å². The summed E-state index contributed by atoms with van der Waals surface area (Å²) in [5.74, 6) is 0.142. The highest BCUT2D eigenvalue weighted by Gasteiger charge is 2.40. The minimum absolute atomic E-state index is 0.00120. The molecule has 1 N–H and O–H groups in total. The lowest BCUT2D eigenvalue weighted by Gasteiger charge is -2.32. The number of furan rings is 1. The molecule has 11 heteroatoms. The number of carbonyl (C=O) groups is 2. The highest BCUT2D eigenvalue weighted by Crippen LogP contribution is 2.36. The van der Waals surface area contributed by atoms with Crippen molar-refractivity contribution in [1.82, 2.24) is 20.0 Å². The van der Waals surface area contributed by atoms with Gasteiger partial charge in [-0.2, -0.15) is 18.3 Å². The average molecular weight is 559 g/mol. The number of carbonyl (C=O) groups excluding carboxylic acids is 2. The van der Waals surface area contributed by atoms with Gasteiger partial charge in [-0.15, -0.1) is 0 Å². The number of halogens is 3. The van der Waals surface area contributed by atoms with Gasteiger partial charge in [0.15, 0.2) is 5.69 Å². The molecule has 5 rings (SSSR count). The van der Waals surface area contributed by atoms with Gasteiger partial charge in [-0.3, -0.25) is 14.3 Å². The zero-order valence-corrected chi connectivity index (χ0v) is 22.4. The Morgan fingerprint density at radius 2 is 1.85 bits per heavy atom. The fraction of sp³-hybridized carbons (Fsp3) is 0.483. The van der Waals surface area contributed by atoms with Crippen LogP contribution >= 0.6 is 0 Å². The molecule has 2 amide bonds. The molecule has 8 nitrogen and oxygen atoms in total. The molecule has 1 fully saturated rings. The van der Waals surface area contributed by atoms with E-state index in [0.29, 0.717) is 35.6 Å². The largest absolute Gasteiger partial charge is 0.497 e. The SMILES string of the molecule is COc1ccc([C@H](C(=O)NC2CCCC2)N(Cc2ccco2)C(=O)Cn2nc(C(F)(F)F)c3c2CCCC3)cc1. The summed E-state index contributed by atoms with van der Waals surface area (Å²) < 4.78 is 53.4. The fourth-order valence-corrected chi connectivity index (χ4v) is 5.75. The molecule has 2 aromatic heterocycles. The van der Waals surface area contributed by atoms with Crippen molar-refractivity contribution >= 4 is 11.8 Å². The van der Waals surface area contributed by atoms with E-state index in [1.165, 1.54) is 23.0 Å². The third-order valence-electron chi connectivity index (χ3n) is 7.73. The van der Waals surface area contributed by atoms with Crippen LogP contribution in [0.3, 0.4) is 0 Å². The predicted molar refractivity (Wildman–Crippen MR) is 139 cm³/mol. The Hall–Kier alpha value is -3.76. The van der Waals surface area contributed by atoms with Gasteiger partial charge in [0, 0.05) is 17.3 Å². The molecule has 2 aliphatic carbocycles. The number of fused-ring (bicyclic) bond motifs is 1. The first-order valence-corrected chi connectivity index (χ1v) is 13.7. The topological polar surface area (TPSA) is 89.6 Å². The van der Waals surface area contributed by atoms with Crippen molar-refractivity contribution in [2.24, 2.45) is 0 Å². The number of benzene rings is 1. The number of hydrogen-bond acceptors (Lipinski definition) is 5. The van der Waals surface area contributed by atoms with Gasteiger partial charge in [-0.05, 0) is 68.4 Å². The highest BCUT2D eigenvalue weighted by atomic mass is 19.4. The van der Waals surface area contributed by atoms with Gasteiger partial charge in [0.2, 0.25) is 11.8 Å². The van der Waals surface area contributed by atoms with Crippen LogP contribution in [0.25, 0.3) is 0 Å². The molecule has 0 unspecified atom stereocenters. The number of ether oxygens (including phenoxy) is 1. The predicted octanol–water partition coefficient (Wildman–Crippen LogP) is 5.21. The maximum absolute atomic E-state index is 14.0. The number of amides is 2. The maximum Gasteiger partial charge on any atom is 0.435 e. The molecule has 0 aliphatic heterocycles. The van der Waals surface area contributed by atoms with Crippen molar-refractivity contribution < 1.29 is 31.9 Å². The quantitative estimate of drug-likeness (QED) is 0.390. The van der Waals surface area contributed by atoms with Gasteiger partial charge >= 0.3 is 6.18 Å². The van der Waals surface area contributed by atoms with E-state index in [0.717, 1.165) is 32.1 Å². The second-order valence-electron chi connectivity index (χ2n) is 10.4. The summed E-state index contributed by atoms with van der Waals surface area (Å²) in [6, 6.07) is 9.19. The second kappa shape index (κ2) is 11.8. The number of rotatable bonds is 9. The highest BCUT2D eigenvalue weighted by molar-refractivity contribution is 5.89. The third-order valence-corrected chi connectivity index (χ3v) is 7.73. The molecule has 214 valence electrons. The van der Waals surface area contributed by atoms with E-state index in [4.69, 9.17) is 9.15 Å². The fourth-order valence-electron chi connectivity index (χ4n) is 5.75. The van der Waals surface area contributed by atoms with E-state index < -0.39 is 30.4 Å². The van der Waals surface area contributed by atoms with Gasteiger partial charge in [0.1, 0.15) is 24.1 Å². The molecule has 1 atom stereocenters. The first kappa shape index (κ1) is 27.8. The van der Waals surface area contributed by atoms with E-state index in [1.54, 1.807) is 36.4 Å². The van der Waals surface area contributed by atoms with Crippen molar-refractivity contribution in [1.29, 1.82) is 0 Å². The van der Waals surface area contributed by atoms with Gasteiger partial charge < -0.3 is 19.4 Å². The minimum Gasteiger partial charge on any atom is -0.497 e. The molecule has 3 aromatic rings. The van der Waals surface area contributed by atoms with Crippen molar-refractivity contribution in [3.63, 3.8) is 0 Å². The molecule has 0 radical (unpaired) electrons. The number of alkyl halides is 3. The van der Waals surface area contributed by atoms with E-state index in [-0.39, 0.29) is 30.5 Å². The molecule has 0 saturated heterocycles. The van der Waals surface area contributed by atoms with E-state index in [1.807, 2.05) is 0 Å². The summed E-state index contributed by atoms with van der Waals surface area (Å²) in [6.45, 7) is -0.474. The van der Waals surface area contributed by atoms with E-state index >= 15 is 0 Å². The molecule has 0 bridgehead atoms. The number of methoxy groups -OCH3 is 1. The molecule has 2 heterocycles. The molecule has 2 aliphatic rings. The Morgan fingerprint density at radius 3 is 2.50 bits per heavy atom. The first-order chi connectivity index (χ1) is 19.2. The van der Waals surface area contributed by atoms with Crippen molar-refractivity contribution in [2.75, 3.05) is 7.11 Å². The average Bonchev–Trinajstić information content (AvgIpc) is 3.71. The third kappa shape index (κ3) is 6.03. The Balaban J connectivity index is 1.52. The van der Waals surface area contributed by atoms with Crippen LogP contribution in [0.1, 0.15) is 72.8 Å². The van der Waals surface area contributed by atoms with Crippen LogP contribution in [0.5, 0.6) is 5.75 Å². The zero-order valence-electron chi connectivity index (χ0n) is 22.4. The monoisotopic (exact) mass is 558 g/mol. The molecular weight excluding hydrogens is 525 g/mol. The van der Waals surface area contributed by atoms with Gasteiger partial charge in [0.25, 0.3) is 0 Å². The minimum atomic E-state index is -4.61. The maximum atomic E-state index is 14.0. The number of nitrogens with one attached hydrogen (secondary N) is 1. The van der Waals surface area contributed by atoms with E-state index in [2.05, 4.69) is 10.4 Å². The van der Waals surface area contributed by atoms with Gasteiger partial charge in [0.05, 0.1) is 19.9 Å². The van der Waals surface area contributed by atoms with Gasteiger partial charge in [-0.25, -0.2) is 0 Å². The summed E-state index contributed by atoms with van der Waals surface area (Å²) in [5.41, 5.74) is 0.212. The lowest BCUT2D eigenvalue weighted by molar-refractivity contribution is -0.144. The Morgan fingerprint density at radius 1 is 1.12 bits per heavy atom. The Labute approximate surface area is 230 Å². The van der Waals surface area contributed by atoms with Crippen LogP contribution in [0.2, 0.25) is 0 Å². The Bertz CT molecular complexity index is 1310. The number of nitrogens with zero attached hydrogens (tertiary/aromatic N) is 3. The van der Waals surface area contributed by atoms with Crippen LogP contribution in [-0.2, 0) is 41.7 Å². The second-order valence-corrected chi connectivity index (χ2v) is 10.4. The van der Waals surface area contributed by atoms with Crippen molar-refractivity contribution in [2.45, 2.75) is 82.7 Å². The molecule has 40 heavy (non-hydrogen) atoms. The lowest BCUT2D eigenvalue weighted by Crippen LogP contribution is -2.46. The first-order valence-electron chi connectivity index (χ1n) is 13.7. The molecule has 1 aromatic carbocycles. The standard InChI is InChI=1S/C29H33F3N4O4/c1-39-21-14-12-19(13-15-21)26(28(38)33-20-7-2-3-8-20)35(17-22-9-6-16-40-22)25(37)18-36-24-11-5-4-10-23(24)27(34-36)29(30,31)32/h6,9,12-16,20,26H,2-5,7-8,10-11,17-18H2,1H3,(H,33,38)/t26-/m1/s1. The normalized spacial score (nSPS) is 16.4. The molecular formula is C29H33F3N4O4. The zero-order chi connectivity index (χ0) is 28.3. The van der Waals surface area contributed by atoms with Gasteiger partial charge in [-0.1, -0.05) is 25.0 Å². The summed E-state index contributed by atoms with van der Waals surface area (Å²) in [6.07, 6.45) is 2.63. The van der Waals surface area contributed by atoms with Crippen LogP contribution in [0.4, 0.5) is 13.2 Å². The Kier molecular flexibility index (Phi) is 8.18. The number of hydrogen-bond donors (Lipinski definition) is 1. The summed E-state index contributed by atoms with van der Waals surface area (Å²) in [5, 5.41) is 6.96.